The highest BCUT2D eigenvalue weighted by molar-refractivity contribution is 7.27. The van der Waals surface area contributed by atoms with Gasteiger partial charge in [0.05, 0.1) is 0 Å². The van der Waals surface area contributed by atoms with Crippen molar-refractivity contribution in [3.8, 4) is 11.3 Å². The van der Waals surface area contributed by atoms with Crippen LogP contribution in [0.25, 0.3) is 22.2 Å². The molecule has 1 aromatic heterocycles. The molecule has 0 fully saturated rings. The maximum atomic E-state index is 5.32. The number of hydrogen-bond donors (Lipinski definition) is 0. The van der Waals surface area contributed by atoms with E-state index in [4.69, 9.17) is 4.52 Å². The number of nitrogens with zero attached hydrogens (tertiary/aromatic N) is 1. The van der Waals surface area contributed by atoms with Crippen molar-refractivity contribution in [2.75, 3.05) is 0 Å². The van der Waals surface area contributed by atoms with E-state index in [2.05, 4.69) is 14.4 Å². The number of benzene rings is 2. The molecule has 0 saturated heterocycles. The number of aromatic nitrogens is 1. The van der Waals surface area contributed by atoms with Gasteiger partial charge in [-0.25, -0.2) is 0 Å². The normalized spacial score (nSPS) is 10.8. The van der Waals surface area contributed by atoms with Crippen molar-refractivity contribution in [1.82, 2.24) is 5.16 Å². The Morgan fingerprint density at radius 1 is 1.00 bits per heavy atom. The summed E-state index contributed by atoms with van der Waals surface area (Å²) in [5.74, 6) is 0. The molecule has 3 heteroatoms. The van der Waals surface area contributed by atoms with Crippen LogP contribution in [0, 0.1) is 0 Å². The Hall–Kier alpha value is -1.66. The summed E-state index contributed by atoms with van der Waals surface area (Å²) in [6.07, 6.45) is 0. The zero-order valence-corrected chi connectivity index (χ0v) is 9.71. The van der Waals surface area contributed by atoms with Crippen LogP contribution in [0.2, 0.25) is 0 Å². The summed E-state index contributed by atoms with van der Waals surface area (Å²) >= 11 is 0. The zero-order chi connectivity index (χ0) is 11.0. The van der Waals surface area contributed by atoms with E-state index < -0.39 is 0 Å². The van der Waals surface area contributed by atoms with Gasteiger partial charge in [-0.2, -0.15) is 0 Å². The molecule has 0 aliphatic carbocycles. The van der Waals surface area contributed by atoms with Crippen molar-refractivity contribution < 1.29 is 4.52 Å². The summed E-state index contributed by atoms with van der Waals surface area (Å²) in [6.45, 7) is 0. The second-order valence-corrected chi connectivity index (χ2v) is 4.32. The lowest BCUT2D eigenvalue weighted by Crippen LogP contribution is -1.86. The Bertz CT molecular complexity index is 631. The first-order valence-corrected chi connectivity index (χ1v) is 5.63. The smallest absolute Gasteiger partial charge is 0.168 e. The monoisotopic (exact) mass is 227 g/mol. The van der Waals surface area contributed by atoms with Crippen molar-refractivity contribution in [2.24, 2.45) is 0 Å². The van der Waals surface area contributed by atoms with Crippen LogP contribution in [0.5, 0.6) is 0 Å². The van der Waals surface area contributed by atoms with Gasteiger partial charge in [0, 0.05) is 10.9 Å². The van der Waals surface area contributed by atoms with Gasteiger partial charge in [-0.15, -0.1) is 9.24 Å². The molecule has 0 bridgehead atoms. The number of hydrogen-bond acceptors (Lipinski definition) is 2. The maximum absolute atomic E-state index is 5.32. The molecule has 3 aromatic rings. The fourth-order valence-electron chi connectivity index (χ4n) is 1.76. The van der Waals surface area contributed by atoms with Gasteiger partial charge < -0.3 is 4.52 Å². The SMILES string of the molecule is Pc1ccc2c(-c3ccccc3)noc2c1. The van der Waals surface area contributed by atoms with E-state index in [9.17, 15) is 0 Å². The Kier molecular flexibility index (Phi) is 2.23. The first kappa shape index (κ1) is 9.56. The summed E-state index contributed by atoms with van der Waals surface area (Å²) in [7, 11) is 2.65. The number of rotatable bonds is 1. The Morgan fingerprint density at radius 3 is 2.62 bits per heavy atom. The van der Waals surface area contributed by atoms with Crippen LogP contribution in [0.4, 0.5) is 0 Å². The van der Waals surface area contributed by atoms with E-state index in [1.807, 2.05) is 48.5 Å². The van der Waals surface area contributed by atoms with Gasteiger partial charge in [-0.3, -0.25) is 0 Å². The third kappa shape index (κ3) is 1.52. The molecule has 0 N–H and O–H groups in total. The first-order valence-electron chi connectivity index (χ1n) is 5.05. The molecule has 2 nitrogen and oxygen atoms in total. The van der Waals surface area contributed by atoms with Crippen molar-refractivity contribution in [2.45, 2.75) is 0 Å². The van der Waals surface area contributed by atoms with E-state index in [1.54, 1.807) is 0 Å². The highest BCUT2D eigenvalue weighted by Gasteiger charge is 2.09. The van der Waals surface area contributed by atoms with E-state index in [-0.39, 0.29) is 0 Å². The number of fused-ring (bicyclic) bond motifs is 1. The summed E-state index contributed by atoms with van der Waals surface area (Å²) in [6, 6.07) is 16.1. The largest absolute Gasteiger partial charge is 0.356 e. The minimum absolute atomic E-state index is 0.825. The third-order valence-corrected chi connectivity index (χ3v) is 2.90. The fourth-order valence-corrected chi connectivity index (χ4v) is 2.01. The van der Waals surface area contributed by atoms with Gasteiger partial charge in [0.1, 0.15) is 5.69 Å². The highest BCUT2D eigenvalue weighted by atomic mass is 31.0. The molecule has 16 heavy (non-hydrogen) atoms. The standard InChI is InChI=1S/C13H10NOP/c16-10-6-7-11-12(8-10)15-14-13(11)9-4-2-1-3-5-9/h1-8H,16H2. The van der Waals surface area contributed by atoms with E-state index in [0.717, 1.165) is 27.5 Å². The molecular formula is C13H10NOP. The molecule has 0 saturated carbocycles. The molecule has 0 aliphatic heterocycles. The lowest BCUT2D eigenvalue weighted by Gasteiger charge is -1.95. The lowest BCUT2D eigenvalue weighted by atomic mass is 10.1. The minimum Gasteiger partial charge on any atom is -0.356 e. The summed E-state index contributed by atoms with van der Waals surface area (Å²) < 4.78 is 5.32. The molecule has 1 atom stereocenters. The van der Waals surface area contributed by atoms with Gasteiger partial charge in [0.15, 0.2) is 5.58 Å². The molecule has 78 valence electrons. The molecule has 0 amide bonds. The molecule has 0 aliphatic rings. The van der Waals surface area contributed by atoms with Crippen molar-refractivity contribution >= 4 is 25.5 Å². The van der Waals surface area contributed by atoms with Gasteiger partial charge in [-0.05, 0) is 17.4 Å². The van der Waals surface area contributed by atoms with E-state index in [1.165, 1.54) is 0 Å². The highest BCUT2D eigenvalue weighted by Crippen LogP contribution is 2.27. The molecule has 3 rings (SSSR count). The average Bonchev–Trinajstić information content (AvgIpc) is 2.73. The third-order valence-electron chi connectivity index (χ3n) is 2.54. The van der Waals surface area contributed by atoms with Crippen LogP contribution >= 0.6 is 9.24 Å². The lowest BCUT2D eigenvalue weighted by molar-refractivity contribution is 0.459. The second-order valence-electron chi connectivity index (χ2n) is 3.65. The molecule has 1 heterocycles. The van der Waals surface area contributed by atoms with Gasteiger partial charge in [0.2, 0.25) is 0 Å². The van der Waals surface area contributed by atoms with Crippen molar-refractivity contribution in [3.05, 3.63) is 48.5 Å². The van der Waals surface area contributed by atoms with E-state index in [0.29, 0.717) is 0 Å². The molecule has 1 unspecified atom stereocenters. The summed E-state index contributed by atoms with van der Waals surface area (Å²) in [5, 5.41) is 6.28. The van der Waals surface area contributed by atoms with Crippen LogP contribution in [0.1, 0.15) is 0 Å². The second kappa shape index (κ2) is 3.73. The fraction of sp³-hybridized carbons (Fsp3) is 0. The first-order chi connectivity index (χ1) is 7.84. The molecular weight excluding hydrogens is 217 g/mol. The van der Waals surface area contributed by atoms with Crippen LogP contribution < -0.4 is 5.30 Å². The summed E-state index contributed by atoms with van der Waals surface area (Å²) in [4.78, 5) is 0. The molecule has 2 aromatic carbocycles. The molecule has 0 radical (unpaired) electrons. The predicted molar refractivity (Wildman–Crippen MR) is 68.8 cm³/mol. The Balaban J connectivity index is 2.26. The predicted octanol–water partition coefficient (Wildman–Crippen LogP) is 3.00. The zero-order valence-electron chi connectivity index (χ0n) is 8.55. The van der Waals surface area contributed by atoms with Crippen LogP contribution in [-0.4, -0.2) is 5.16 Å². The van der Waals surface area contributed by atoms with Crippen LogP contribution in [-0.2, 0) is 0 Å². The van der Waals surface area contributed by atoms with Crippen LogP contribution in [0.15, 0.2) is 53.1 Å². The summed E-state index contributed by atoms with van der Waals surface area (Å²) in [5.41, 5.74) is 2.81. The van der Waals surface area contributed by atoms with Gasteiger partial charge in [0.25, 0.3) is 0 Å². The van der Waals surface area contributed by atoms with Crippen molar-refractivity contribution in [3.63, 3.8) is 0 Å². The van der Waals surface area contributed by atoms with Gasteiger partial charge >= 0.3 is 0 Å². The Labute approximate surface area is 95.5 Å². The van der Waals surface area contributed by atoms with E-state index >= 15 is 0 Å². The van der Waals surface area contributed by atoms with Gasteiger partial charge in [-0.1, -0.05) is 41.6 Å². The van der Waals surface area contributed by atoms with Crippen LogP contribution in [0.3, 0.4) is 0 Å². The quantitative estimate of drug-likeness (QED) is 0.597. The van der Waals surface area contributed by atoms with Crippen molar-refractivity contribution in [1.29, 1.82) is 0 Å². The average molecular weight is 227 g/mol. The maximum Gasteiger partial charge on any atom is 0.168 e. The molecule has 0 spiro atoms. The Morgan fingerprint density at radius 2 is 1.81 bits per heavy atom. The minimum atomic E-state index is 0.825. The topological polar surface area (TPSA) is 26.0 Å².